The topological polar surface area (TPSA) is 39.2 Å². The first kappa shape index (κ1) is 17.1. The fraction of sp³-hybridized carbons (Fsp3) is 0.167. The molecule has 5 rings (SSSR count). The maximum atomic E-state index is 11.8. The average Bonchev–Trinajstić information content (AvgIpc) is 3.19. The molecule has 1 aliphatic rings. The van der Waals surface area contributed by atoms with E-state index in [-0.39, 0.29) is 11.4 Å². The van der Waals surface area contributed by atoms with Crippen LogP contribution in [-0.4, -0.2) is 11.0 Å². The summed E-state index contributed by atoms with van der Waals surface area (Å²) in [4.78, 5) is 16.6. The molecule has 0 radical (unpaired) electrons. The number of benzene rings is 3. The molecule has 4 heteroatoms. The highest BCUT2D eigenvalue weighted by molar-refractivity contribution is 7.21. The van der Waals surface area contributed by atoms with Crippen molar-refractivity contribution in [1.29, 1.82) is 0 Å². The summed E-state index contributed by atoms with van der Waals surface area (Å²) in [5, 5.41) is 0.868. The van der Waals surface area contributed by atoms with Crippen LogP contribution in [0.5, 0.6) is 5.75 Å². The summed E-state index contributed by atoms with van der Waals surface area (Å²) in [6.07, 6.45) is 0. The van der Waals surface area contributed by atoms with E-state index in [0.717, 1.165) is 26.4 Å². The number of carbonyl (C=O) groups is 1. The Labute approximate surface area is 167 Å². The highest BCUT2D eigenvalue weighted by atomic mass is 32.1. The molecule has 4 aromatic rings. The van der Waals surface area contributed by atoms with Gasteiger partial charge in [0.15, 0.2) is 0 Å². The first-order valence-corrected chi connectivity index (χ1v) is 10.1. The Hall–Kier alpha value is -2.98. The van der Waals surface area contributed by atoms with E-state index in [1.807, 2.05) is 24.3 Å². The predicted molar refractivity (Wildman–Crippen MR) is 114 cm³/mol. The van der Waals surface area contributed by atoms with Gasteiger partial charge < -0.3 is 4.74 Å². The number of esters is 1. The van der Waals surface area contributed by atoms with Gasteiger partial charge in [-0.2, -0.15) is 0 Å². The van der Waals surface area contributed by atoms with Gasteiger partial charge >= 0.3 is 5.97 Å². The molecule has 3 aromatic carbocycles. The van der Waals surface area contributed by atoms with Crippen molar-refractivity contribution in [2.45, 2.75) is 26.2 Å². The molecule has 0 spiro atoms. The van der Waals surface area contributed by atoms with Crippen LogP contribution in [0.25, 0.3) is 31.9 Å². The maximum Gasteiger partial charge on any atom is 0.308 e. The largest absolute Gasteiger partial charge is 0.426 e. The second kappa shape index (κ2) is 6.01. The van der Waals surface area contributed by atoms with Crippen LogP contribution in [0.1, 0.15) is 31.9 Å². The first-order valence-electron chi connectivity index (χ1n) is 9.28. The average molecular weight is 385 g/mol. The number of ether oxygens (including phenoxy) is 1. The molecule has 0 amide bonds. The third-order valence-electron chi connectivity index (χ3n) is 5.46. The predicted octanol–water partition coefficient (Wildman–Crippen LogP) is 6.19. The Morgan fingerprint density at radius 1 is 0.929 bits per heavy atom. The fourth-order valence-electron chi connectivity index (χ4n) is 4.12. The van der Waals surface area contributed by atoms with Crippen molar-refractivity contribution < 1.29 is 9.53 Å². The normalized spacial score (nSPS) is 14.0. The third-order valence-corrected chi connectivity index (χ3v) is 6.53. The smallest absolute Gasteiger partial charge is 0.308 e. The summed E-state index contributed by atoms with van der Waals surface area (Å²) in [5.41, 5.74) is 6.56. The van der Waals surface area contributed by atoms with Crippen LogP contribution in [0.2, 0.25) is 0 Å². The lowest BCUT2D eigenvalue weighted by Crippen LogP contribution is -2.15. The van der Waals surface area contributed by atoms with E-state index in [1.165, 1.54) is 23.6 Å². The molecule has 1 aromatic heterocycles. The van der Waals surface area contributed by atoms with E-state index >= 15 is 0 Å². The Morgan fingerprint density at radius 3 is 2.46 bits per heavy atom. The van der Waals surface area contributed by atoms with E-state index in [0.29, 0.717) is 5.75 Å². The molecule has 3 nitrogen and oxygen atoms in total. The molecule has 0 saturated carbocycles. The van der Waals surface area contributed by atoms with Gasteiger partial charge in [-0.25, -0.2) is 4.98 Å². The van der Waals surface area contributed by atoms with Gasteiger partial charge in [-0.1, -0.05) is 50.2 Å². The molecule has 0 N–H and O–H groups in total. The molecule has 0 atom stereocenters. The molecule has 138 valence electrons. The van der Waals surface area contributed by atoms with Crippen LogP contribution < -0.4 is 4.74 Å². The standard InChI is InChI=1S/C24H19NO2S/c1-14(26)27-21-13-16-15-8-4-5-9-18(15)24(2,3)19(16)12-17(21)23-25-20-10-6-7-11-22(20)28-23/h4-13H,1-3H3. The highest BCUT2D eigenvalue weighted by Crippen LogP contribution is 2.52. The molecule has 28 heavy (non-hydrogen) atoms. The van der Waals surface area contributed by atoms with E-state index < -0.39 is 0 Å². The Morgan fingerprint density at radius 2 is 1.68 bits per heavy atom. The first-order chi connectivity index (χ1) is 13.4. The van der Waals surface area contributed by atoms with Gasteiger partial charge in [0.1, 0.15) is 10.8 Å². The molecule has 0 aliphatic heterocycles. The number of nitrogens with zero attached hydrogens (tertiary/aromatic N) is 1. The van der Waals surface area contributed by atoms with Crippen molar-refractivity contribution in [2.24, 2.45) is 0 Å². The summed E-state index contributed by atoms with van der Waals surface area (Å²) in [6.45, 7) is 5.92. The Kier molecular flexibility index (Phi) is 3.68. The zero-order valence-corrected chi connectivity index (χ0v) is 16.8. The number of aromatic nitrogens is 1. The minimum atomic E-state index is -0.326. The van der Waals surface area contributed by atoms with E-state index in [2.05, 4.69) is 50.2 Å². The summed E-state index contributed by atoms with van der Waals surface area (Å²) in [5.74, 6) is 0.241. The van der Waals surface area contributed by atoms with Crippen molar-refractivity contribution in [3.63, 3.8) is 0 Å². The third kappa shape index (κ3) is 2.49. The highest BCUT2D eigenvalue weighted by Gasteiger charge is 2.36. The quantitative estimate of drug-likeness (QED) is 0.305. The van der Waals surface area contributed by atoms with Gasteiger partial charge in [0.25, 0.3) is 0 Å². The van der Waals surface area contributed by atoms with Crippen molar-refractivity contribution in [3.05, 3.63) is 71.8 Å². The number of hydrogen-bond donors (Lipinski definition) is 0. The minimum Gasteiger partial charge on any atom is -0.426 e. The second-order valence-electron chi connectivity index (χ2n) is 7.64. The van der Waals surface area contributed by atoms with Crippen LogP contribution >= 0.6 is 11.3 Å². The monoisotopic (exact) mass is 385 g/mol. The molecule has 1 aliphatic carbocycles. The number of hydrogen-bond acceptors (Lipinski definition) is 4. The number of para-hydroxylation sites is 1. The van der Waals surface area contributed by atoms with Gasteiger partial charge in [-0.05, 0) is 46.5 Å². The zero-order chi connectivity index (χ0) is 19.5. The van der Waals surface area contributed by atoms with Gasteiger partial charge in [-0.15, -0.1) is 11.3 Å². The zero-order valence-electron chi connectivity index (χ0n) is 15.9. The Balaban J connectivity index is 1.78. The van der Waals surface area contributed by atoms with Crippen LogP contribution in [0.3, 0.4) is 0 Å². The van der Waals surface area contributed by atoms with Gasteiger partial charge in [-0.3, -0.25) is 4.79 Å². The van der Waals surface area contributed by atoms with Gasteiger partial charge in [0.2, 0.25) is 0 Å². The second-order valence-corrected chi connectivity index (χ2v) is 8.68. The van der Waals surface area contributed by atoms with Crippen LogP contribution in [0, 0.1) is 0 Å². The summed E-state index contributed by atoms with van der Waals surface area (Å²) in [7, 11) is 0. The van der Waals surface area contributed by atoms with E-state index in [4.69, 9.17) is 9.72 Å². The van der Waals surface area contributed by atoms with Crippen LogP contribution in [0.4, 0.5) is 0 Å². The van der Waals surface area contributed by atoms with Crippen LogP contribution in [0.15, 0.2) is 60.7 Å². The lowest BCUT2D eigenvalue weighted by molar-refractivity contribution is -0.131. The summed E-state index contributed by atoms with van der Waals surface area (Å²) in [6, 6.07) is 20.7. The molecule has 1 heterocycles. The maximum absolute atomic E-state index is 11.8. The number of carbonyl (C=O) groups excluding carboxylic acids is 1. The van der Waals surface area contributed by atoms with Crippen LogP contribution in [-0.2, 0) is 10.2 Å². The van der Waals surface area contributed by atoms with Crippen molar-refractivity contribution in [3.8, 4) is 27.4 Å². The van der Waals surface area contributed by atoms with Gasteiger partial charge in [0.05, 0.1) is 15.8 Å². The molecular weight excluding hydrogens is 366 g/mol. The number of thiazole rings is 1. The van der Waals surface area contributed by atoms with E-state index in [1.54, 1.807) is 11.3 Å². The lowest BCUT2D eigenvalue weighted by Gasteiger charge is -2.22. The molecular formula is C24H19NO2S. The molecule has 0 unspecified atom stereocenters. The van der Waals surface area contributed by atoms with Crippen molar-refractivity contribution >= 4 is 27.5 Å². The van der Waals surface area contributed by atoms with E-state index in [9.17, 15) is 4.79 Å². The molecule has 0 bridgehead atoms. The Bertz CT molecular complexity index is 1220. The summed E-state index contributed by atoms with van der Waals surface area (Å²) < 4.78 is 6.75. The van der Waals surface area contributed by atoms with Crippen molar-refractivity contribution in [2.75, 3.05) is 0 Å². The number of rotatable bonds is 2. The summed E-state index contributed by atoms with van der Waals surface area (Å²) >= 11 is 1.62. The lowest BCUT2D eigenvalue weighted by atomic mass is 9.82. The SMILES string of the molecule is CC(=O)Oc1cc2c(cc1-c1nc3ccccc3s1)C(C)(C)c1ccccc1-2. The number of fused-ring (bicyclic) bond motifs is 4. The van der Waals surface area contributed by atoms with Crippen molar-refractivity contribution in [1.82, 2.24) is 4.98 Å². The molecule has 0 saturated heterocycles. The van der Waals surface area contributed by atoms with Gasteiger partial charge in [0, 0.05) is 12.3 Å². The molecule has 0 fully saturated rings. The fourth-order valence-corrected chi connectivity index (χ4v) is 5.11. The minimum absolute atomic E-state index is 0.119.